The Morgan fingerprint density at radius 2 is 1.79 bits per heavy atom. The first-order chi connectivity index (χ1) is 16.0. The minimum atomic E-state index is -0.731. The van der Waals surface area contributed by atoms with Crippen LogP contribution in [0.25, 0.3) is 0 Å². The van der Waals surface area contributed by atoms with E-state index in [0.29, 0.717) is 43.1 Å². The summed E-state index contributed by atoms with van der Waals surface area (Å²) in [6.45, 7) is 0.903. The summed E-state index contributed by atoms with van der Waals surface area (Å²) in [5, 5.41) is 2.93. The summed E-state index contributed by atoms with van der Waals surface area (Å²) >= 11 is 0. The first-order valence-corrected chi connectivity index (χ1v) is 11.4. The van der Waals surface area contributed by atoms with Crippen LogP contribution < -0.4 is 14.8 Å². The molecule has 3 amide bonds. The molecule has 4 rings (SSSR count). The normalized spacial score (nSPS) is 21.6. The standard InChI is InChI=1S/C23H31N3O7/c1-30-19-8-7-15(13-20(19)33-17-5-3-4-6-17)24-22(28)25-11-9-16(10-12-25)26-18(21(27)31-2)14-32-23(26)29/h7-8,13,16-18H,3-6,9-12,14H2,1-2H3,(H,24,28). The Balaban J connectivity index is 1.34. The zero-order chi connectivity index (χ0) is 23.4. The van der Waals surface area contributed by atoms with Crippen molar-refractivity contribution in [1.82, 2.24) is 9.80 Å². The van der Waals surface area contributed by atoms with Crippen molar-refractivity contribution in [2.75, 3.05) is 39.2 Å². The molecule has 10 heteroatoms. The smallest absolute Gasteiger partial charge is 0.410 e. The average Bonchev–Trinajstić information content (AvgIpc) is 3.48. The second-order valence-corrected chi connectivity index (χ2v) is 8.56. The molecule has 1 saturated carbocycles. The topological polar surface area (TPSA) is 107 Å². The summed E-state index contributed by atoms with van der Waals surface area (Å²) in [5.74, 6) is 0.775. The summed E-state index contributed by atoms with van der Waals surface area (Å²) in [7, 11) is 2.89. The second-order valence-electron chi connectivity index (χ2n) is 8.56. The Bertz CT molecular complexity index is 879. The molecule has 3 fully saturated rings. The molecule has 180 valence electrons. The molecule has 1 unspecified atom stereocenters. The highest BCUT2D eigenvalue weighted by Crippen LogP contribution is 2.34. The van der Waals surface area contributed by atoms with E-state index in [-0.39, 0.29) is 24.8 Å². The van der Waals surface area contributed by atoms with Gasteiger partial charge in [-0.15, -0.1) is 0 Å². The van der Waals surface area contributed by atoms with Gasteiger partial charge in [0.05, 0.1) is 20.3 Å². The average molecular weight is 462 g/mol. The maximum Gasteiger partial charge on any atom is 0.410 e. The largest absolute Gasteiger partial charge is 0.493 e. The summed E-state index contributed by atoms with van der Waals surface area (Å²) in [6.07, 6.45) is 5.13. The van der Waals surface area contributed by atoms with E-state index in [2.05, 4.69) is 5.32 Å². The van der Waals surface area contributed by atoms with Gasteiger partial charge >= 0.3 is 18.1 Å². The predicted molar refractivity (Wildman–Crippen MR) is 118 cm³/mol. The number of methoxy groups -OCH3 is 2. The van der Waals surface area contributed by atoms with Crippen LogP contribution in [0.3, 0.4) is 0 Å². The summed E-state index contributed by atoms with van der Waals surface area (Å²) < 4.78 is 21.4. The van der Waals surface area contributed by atoms with Crippen molar-refractivity contribution in [3.63, 3.8) is 0 Å². The molecule has 1 aromatic rings. The van der Waals surface area contributed by atoms with Crippen LogP contribution in [0.5, 0.6) is 11.5 Å². The minimum absolute atomic E-state index is 0.00502. The molecular weight excluding hydrogens is 430 g/mol. The van der Waals surface area contributed by atoms with E-state index in [1.165, 1.54) is 12.0 Å². The van der Waals surface area contributed by atoms with Crippen molar-refractivity contribution in [2.45, 2.75) is 56.7 Å². The van der Waals surface area contributed by atoms with Crippen LogP contribution in [0.15, 0.2) is 18.2 Å². The van der Waals surface area contributed by atoms with Gasteiger partial charge in [0.1, 0.15) is 6.61 Å². The number of amides is 3. The van der Waals surface area contributed by atoms with Crippen LogP contribution >= 0.6 is 0 Å². The lowest BCUT2D eigenvalue weighted by atomic mass is 10.0. The maximum absolute atomic E-state index is 12.9. The van der Waals surface area contributed by atoms with Gasteiger partial charge in [-0.2, -0.15) is 0 Å². The molecule has 10 nitrogen and oxygen atoms in total. The van der Waals surface area contributed by atoms with E-state index in [4.69, 9.17) is 18.9 Å². The van der Waals surface area contributed by atoms with Gasteiger partial charge in [0.2, 0.25) is 0 Å². The Hall–Kier alpha value is -3.17. The number of hydrogen-bond donors (Lipinski definition) is 1. The fourth-order valence-corrected chi connectivity index (χ4v) is 4.74. The van der Waals surface area contributed by atoms with Crippen LogP contribution in [0.4, 0.5) is 15.3 Å². The Labute approximate surface area is 193 Å². The number of urea groups is 1. The van der Waals surface area contributed by atoms with Crippen molar-refractivity contribution in [1.29, 1.82) is 0 Å². The highest BCUT2D eigenvalue weighted by molar-refractivity contribution is 5.90. The predicted octanol–water partition coefficient (Wildman–Crippen LogP) is 3.01. The molecule has 33 heavy (non-hydrogen) atoms. The number of rotatable bonds is 6. The molecule has 0 aromatic heterocycles. The molecule has 0 radical (unpaired) electrons. The number of hydrogen-bond acceptors (Lipinski definition) is 7. The van der Waals surface area contributed by atoms with E-state index in [1.807, 2.05) is 0 Å². The Morgan fingerprint density at radius 3 is 2.45 bits per heavy atom. The van der Waals surface area contributed by atoms with Gasteiger partial charge in [0, 0.05) is 30.9 Å². The third-order valence-electron chi connectivity index (χ3n) is 6.54. The third-order valence-corrected chi connectivity index (χ3v) is 6.54. The summed E-state index contributed by atoms with van der Waals surface area (Å²) in [5.41, 5.74) is 0.629. The number of ether oxygens (including phenoxy) is 4. The molecule has 2 aliphatic heterocycles. The molecule has 0 spiro atoms. The van der Waals surface area contributed by atoms with Gasteiger partial charge in [0.25, 0.3) is 0 Å². The Morgan fingerprint density at radius 1 is 1.06 bits per heavy atom. The molecule has 1 atom stereocenters. The first kappa shape index (κ1) is 23.0. The molecule has 1 aliphatic carbocycles. The SMILES string of the molecule is COC(=O)C1COC(=O)N1C1CCN(C(=O)Nc2ccc(OC)c(OC3CCCC3)c2)CC1. The monoisotopic (exact) mass is 461 g/mol. The highest BCUT2D eigenvalue weighted by Gasteiger charge is 2.44. The number of carbonyl (C=O) groups excluding carboxylic acids is 3. The van der Waals surface area contributed by atoms with Crippen molar-refractivity contribution in [3.05, 3.63) is 18.2 Å². The van der Waals surface area contributed by atoms with E-state index in [1.54, 1.807) is 30.2 Å². The lowest BCUT2D eigenvalue weighted by Gasteiger charge is -2.37. The molecule has 1 aromatic carbocycles. The zero-order valence-corrected chi connectivity index (χ0v) is 19.1. The van der Waals surface area contributed by atoms with Crippen molar-refractivity contribution in [3.8, 4) is 11.5 Å². The van der Waals surface area contributed by atoms with Gasteiger partial charge in [-0.25, -0.2) is 14.4 Å². The molecular formula is C23H31N3O7. The van der Waals surface area contributed by atoms with E-state index in [0.717, 1.165) is 25.7 Å². The van der Waals surface area contributed by atoms with Gasteiger partial charge in [0.15, 0.2) is 17.5 Å². The lowest BCUT2D eigenvalue weighted by molar-refractivity contribution is -0.145. The summed E-state index contributed by atoms with van der Waals surface area (Å²) in [4.78, 5) is 40.1. The fourth-order valence-electron chi connectivity index (χ4n) is 4.74. The molecule has 2 saturated heterocycles. The first-order valence-electron chi connectivity index (χ1n) is 11.4. The van der Waals surface area contributed by atoms with E-state index < -0.39 is 18.1 Å². The van der Waals surface area contributed by atoms with Crippen LogP contribution in [0.2, 0.25) is 0 Å². The number of cyclic esters (lactones) is 1. The van der Waals surface area contributed by atoms with E-state index in [9.17, 15) is 14.4 Å². The summed E-state index contributed by atoms with van der Waals surface area (Å²) in [6, 6.07) is 4.23. The number of anilines is 1. The Kier molecular flexibility index (Phi) is 7.10. The van der Waals surface area contributed by atoms with Crippen molar-refractivity contribution < 1.29 is 33.3 Å². The van der Waals surface area contributed by atoms with Gasteiger partial charge in [-0.3, -0.25) is 4.90 Å². The zero-order valence-electron chi connectivity index (χ0n) is 19.1. The number of likely N-dealkylation sites (tertiary alicyclic amines) is 1. The van der Waals surface area contributed by atoms with E-state index >= 15 is 0 Å². The number of nitrogens with zero attached hydrogens (tertiary/aromatic N) is 2. The number of carbonyl (C=O) groups is 3. The van der Waals surface area contributed by atoms with Crippen LogP contribution in [-0.4, -0.2) is 80.0 Å². The van der Waals surface area contributed by atoms with Gasteiger partial charge in [-0.1, -0.05) is 0 Å². The minimum Gasteiger partial charge on any atom is -0.493 e. The quantitative estimate of drug-likeness (QED) is 0.649. The molecule has 2 heterocycles. The van der Waals surface area contributed by atoms with Crippen LogP contribution in [0.1, 0.15) is 38.5 Å². The van der Waals surface area contributed by atoms with Crippen LogP contribution in [0, 0.1) is 0 Å². The second kappa shape index (κ2) is 10.2. The number of nitrogens with one attached hydrogen (secondary N) is 1. The van der Waals surface area contributed by atoms with Gasteiger partial charge in [-0.05, 0) is 50.7 Å². The lowest BCUT2D eigenvalue weighted by Crippen LogP contribution is -2.52. The van der Waals surface area contributed by atoms with Crippen LogP contribution in [-0.2, 0) is 14.3 Å². The number of benzene rings is 1. The third kappa shape index (κ3) is 5.09. The van der Waals surface area contributed by atoms with Crippen molar-refractivity contribution in [2.24, 2.45) is 0 Å². The highest BCUT2D eigenvalue weighted by atomic mass is 16.6. The molecule has 1 N–H and O–H groups in total. The maximum atomic E-state index is 12.9. The molecule has 3 aliphatic rings. The van der Waals surface area contributed by atoms with Gasteiger partial charge < -0.3 is 29.2 Å². The number of esters is 1. The molecule has 0 bridgehead atoms. The fraction of sp³-hybridized carbons (Fsp3) is 0.609. The number of piperidine rings is 1. The van der Waals surface area contributed by atoms with Crippen molar-refractivity contribution >= 4 is 23.8 Å².